The van der Waals surface area contributed by atoms with E-state index in [2.05, 4.69) is 216 Å². The van der Waals surface area contributed by atoms with E-state index >= 15 is 0 Å². The highest BCUT2D eigenvalue weighted by Crippen LogP contribution is 2.41. The first-order valence-electron chi connectivity index (χ1n) is 20.2. The van der Waals surface area contributed by atoms with Crippen LogP contribution in [0, 0.1) is 0 Å². The second-order valence-electron chi connectivity index (χ2n) is 15.4. The highest BCUT2D eigenvalue weighted by atomic mass is 16.3. The molecule has 3 nitrogen and oxygen atoms in total. The molecule has 10 aromatic carbocycles. The van der Waals surface area contributed by atoms with Gasteiger partial charge in [-0.05, 0) is 111 Å². The summed E-state index contributed by atoms with van der Waals surface area (Å²) in [5.41, 5.74) is 13.4. The molecule has 0 saturated carbocycles. The van der Waals surface area contributed by atoms with Crippen LogP contribution in [0.2, 0.25) is 0 Å². The lowest BCUT2D eigenvalue weighted by Gasteiger charge is -2.26. The third-order valence-corrected chi connectivity index (χ3v) is 12.0. The minimum absolute atomic E-state index is 0.907. The van der Waals surface area contributed by atoms with Gasteiger partial charge in [-0.15, -0.1) is 0 Å². The van der Waals surface area contributed by atoms with E-state index in [0.29, 0.717) is 0 Å². The molecule has 3 heteroatoms. The van der Waals surface area contributed by atoms with Gasteiger partial charge in [-0.2, -0.15) is 0 Å². The third-order valence-electron chi connectivity index (χ3n) is 12.0. The van der Waals surface area contributed by atoms with E-state index in [1.165, 1.54) is 54.5 Å². The molecule has 0 spiro atoms. The van der Waals surface area contributed by atoms with Gasteiger partial charge in [0.25, 0.3) is 0 Å². The lowest BCUT2D eigenvalue weighted by Crippen LogP contribution is -2.09. The lowest BCUT2D eigenvalue weighted by atomic mass is 10.0. The molecule has 0 radical (unpaired) electrons. The Bertz CT molecular complexity index is 3540. The van der Waals surface area contributed by atoms with Gasteiger partial charge in [-0.3, -0.25) is 0 Å². The van der Waals surface area contributed by atoms with Crippen LogP contribution in [-0.4, -0.2) is 4.57 Å². The highest BCUT2D eigenvalue weighted by Gasteiger charge is 2.18. The molecule has 0 saturated heterocycles. The molecule has 0 amide bonds. The normalized spacial score (nSPS) is 11.7. The van der Waals surface area contributed by atoms with Crippen LogP contribution in [0.4, 0.5) is 17.1 Å². The molecule has 0 fully saturated rings. The van der Waals surface area contributed by atoms with Crippen LogP contribution in [0.1, 0.15) is 0 Å². The number of aromatic nitrogens is 1. The van der Waals surface area contributed by atoms with E-state index in [0.717, 1.165) is 55.8 Å². The molecule has 0 aliphatic carbocycles. The molecule has 0 aliphatic rings. The van der Waals surface area contributed by atoms with Crippen LogP contribution in [0.5, 0.6) is 0 Å². The van der Waals surface area contributed by atoms with Crippen molar-refractivity contribution in [3.05, 3.63) is 218 Å². The minimum atomic E-state index is 0.907. The van der Waals surface area contributed by atoms with Crippen molar-refractivity contribution in [1.82, 2.24) is 4.57 Å². The molecule has 2 heterocycles. The smallest absolute Gasteiger partial charge is 0.135 e. The number of para-hydroxylation sites is 2. The van der Waals surface area contributed by atoms with Crippen molar-refractivity contribution in [3.63, 3.8) is 0 Å². The van der Waals surface area contributed by atoms with Gasteiger partial charge in [0.1, 0.15) is 11.2 Å². The molecule has 12 rings (SSSR count). The van der Waals surface area contributed by atoms with Crippen LogP contribution < -0.4 is 4.90 Å². The second-order valence-corrected chi connectivity index (χ2v) is 15.4. The van der Waals surface area contributed by atoms with E-state index in [1.54, 1.807) is 0 Å². The Balaban J connectivity index is 0.955. The van der Waals surface area contributed by atoms with Crippen LogP contribution >= 0.6 is 0 Å². The fourth-order valence-corrected chi connectivity index (χ4v) is 9.08. The number of nitrogens with zero attached hydrogens (tertiary/aromatic N) is 2. The first-order chi connectivity index (χ1) is 29.2. The quantitative estimate of drug-likeness (QED) is 0.169. The molecule has 0 atom stereocenters. The molecular weight excluding hydrogens is 717 g/mol. The summed E-state index contributed by atoms with van der Waals surface area (Å²) in [6.07, 6.45) is 0. The van der Waals surface area contributed by atoms with E-state index in [4.69, 9.17) is 4.42 Å². The maximum Gasteiger partial charge on any atom is 0.135 e. The fraction of sp³-hybridized carbons (Fsp3) is 0. The van der Waals surface area contributed by atoms with Crippen molar-refractivity contribution in [2.45, 2.75) is 0 Å². The van der Waals surface area contributed by atoms with Gasteiger partial charge in [-0.1, -0.05) is 146 Å². The van der Waals surface area contributed by atoms with Gasteiger partial charge in [0.05, 0.1) is 11.0 Å². The monoisotopic (exact) mass is 752 g/mol. The van der Waals surface area contributed by atoms with Gasteiger partial charge in [-0.25, -0.2) is 0 Å². The Hall–Kier alpha value is -7.88. The van der Waals surface area contributed by atoms with E-state index in [-0.39, 0.29) is 0 Å². The topological polar surface area (TPSA) is 21.3 Å². The lowest BCUT2D eigenvalue weighted by molar-refractivity contribution is 0.669. The van der Waals surface area contributed by atoms with Gasteiger partial charge in [0.15, 0.2) is 0 Å². The summed E-state index contributed by atoms with van der Waals surface area (Å²) >= 11 is 0. The zero-order valence-electron chi connectivity index (χ0n) is 32.1. The van der Waals surface area contributed by atoms with Gasteiger partial charge >= 0.3 is 0 Å². The number of hydrogen-bond donors (Lipinski definition) is 0. The molecule has 0 unspecified atom stereocenters. The van der Waals surface area contributed by atoms with E-state index < -0.39 is 0 Å². The molecule has 12 aromatic rings. The third kappa shape index (κ3) is 5.51. The Morgan fingerprint density at radius 2 is 0.881 bits per heavy atom. The summed E-state index contributed by atoms with van der Waals surface area (Å²) in [6, 6.07) is 78.8. The zero-order chi connectivity index (χ0) is 38.9. The van der Waals surface area contributed by atoms with Crippen LogP contribution in [0.3, 0.4) is 0 Å². The second kappa shape index (κ2) is 13.4. The summed E-state index contributed by atoms with van der Waals surface area (Å²) in [7, 11) is 0. The average molecular weight is 753 g/mol. The summed E-state index contributed by atoms with van der Waals surface area (Å²) in [6.45, 7) is 0. The minimum Gasteiger partial charge on any atom is -0.456 e. The molecular formula is C56H36N2O. The van der Waals surface area contributed by atoms with Crippen molar-refractivity contribution in [2.75, 3.05) is 4.90 Å². The predicted molar refractivity (Wildman–Crippen MR) is 249 cm³/mol. The van der Waals surface area contributed by atoms with Crippen LogP contribution in [0.15, 0.2) is 223 Å². The zero-order valence-corrected chi connectivity index (χ0v) is 32.1. The fourth-order valence-electron chi connectivity index (χ4n) is 9.08. The van der Waals surface area contributed by atoms with Gasteiger partial charge in [0, 0.05) is 49.7 Å². The number of anilines is 3. The number of benzene rings is 10. The van der Waals surface area contributed by atoms with E-state index in [9.17, 15) is 0 Å². The molecule has 0 bridgehead atoms. The highest BCUT2D eigenvalue weighted by molar-refractivity contribution is 6.19. The number of hydrogen-bond acceptors (Lipinski definition) is 2. The summed E-state index contributed by atoms with van der Waals surface area (Å²) in [4.78, 5) is 2.36. The standard InChI is InChI=1S/C56H36N2O/c1-2-13-44(14-3-1)58-53-36-43(24-31-49(53)51-32-23-40-11-6-7-15-48(40)56(51)58)39-20-28-46(29-21-39)57(47-30-22-37-10-4-5-12-41(37)34-47)45-26-18-38(19-27-45)42-25-33-55-52(35-42)50-16-8-9-17-54(50)59-55/h1-36H. The van der Waals surface area contributed by atoms with Crippen LogP contribution in [-0.2, 0) is 0 Å². The first kappa shape index (κ1) is 33.3. The summed E-state index contributed by atoms with van der Waals surface area (Å²) in [5, 5.41) is 9.71. The van der Waals surface area contributed by atoms with E-state index in [1.807, 2.05) is 12.1 Å². The van der Waals surface area contributed by atoms with Gasteiger partial charge in [0.2, 0.25) is 0 Å². The number of fused-ring (bicyclic) bond motifs is 9. The first-order valence-corrected chi connectivity index (χ1v) is 20.2. The molecule has 0 aliphatic heterocycles. The van der Waals surface area contributed by atoms with Crippen molar-refractivity contribution in [3.8, 4) is 27.9 Å². The number of rotatable bonds is 6. The average Bonchev–Trinajstić information content (AvgIpc) is 3.85. The Morgan fingerprint density at radius 3 is 1.66 bits per heavy atom. The molecule has 59 heavy (non-hydrogen) atoms. The van der Waals surface area contributed by atoms with Crippen molar-refractivity contribution >= 4 is 82.4 Å². The molecule has 0 N–H and O–H groups in total. The Labute approximate surface area is 341 Å². The summed E-state index contributed by atoms with van der Waals surface area (Å²) < 4.78 is 8.56. The molecule has 2 aromatic heterocycles. The number of furan rings is 1. The summed E-state index contributed by atoms with van der Waals surface area (Å²) in [5.74, 6) is 0. The van der Waals surface area contributed by atoms with Crippen LogP contribution in [0.25, 0.3) is 93.2 Å². The predicted octanol–water partition coefficient (Wildman–Crippen LogP) is 15.8. The SMILES string of the molecule is c1ccc(-n2c3cc(-c4ccc(N(c5ccc(-c6ccc7oc8ccccc8c7c6)cc5)c5ccc6ccccc6c5)cc4)ccc3c3ccc4ccccc4c32)cc1. The maximum absolute atomic E-state index is 6.12. The Kier molecular flexibility index (Phi) is 7.54. The molecule has 276 valence electrons. The van der Waals surface area contributed by atoms with Crippen molar-refractivity contribution < 1.29 is 4.42 Å². The Morgan fingerprint density at radius 1 is 0.322 bits per heavy atom. The van der Waals surface area contributed by atoms with Crippen molar-refractivity contribution in [1.29, 1.82) is 0 Å². The maximum atomic E-state index is 6.12. The van der Waals surface area contributed by atoms with Crippen molar-refractivity contribution in [2.24, 2.45) is 0 Å². The largest absolute Gasteiger partial charge is 0.456 e. The van der Waals surface area contributed by atoms with Gasteiger partial charge < -0.3 is 13.9 Å².